The van der Waals surface area contributed by atoms with E-state index in [1.165, 1.54) is 13.2 Å². The molecule has 0 unspecified atom stereocenters. The number of carbonyl (C=O) groups is 2. The molecule has 0 bridgehead atoms. The molecule has 1 heterocycles. The molecular weight excluding hydrogens is 312 g/mol. The maximum atomic E-state index is 11.9. The van der Waals surface area contributed by atoms with Crippen LogP contribution in [0.15, 0.2) is 18.2 Å². The molecule has 0 spiro atoms. The molecule has 1 aliphatic heterocycles. The summed E-state index contributed by atoms with van der Waals surface area (Å²) in [7, 11) is 1.31. The Morgan fingerprint density at radius 1 is 1.29 bits per heavy atom. The van der Waals surface area contributed by atoms with Crippen LogP contribution in [0.5, 0.6) is 5.75 Å². The molecule has 1 amide bonds. The third-order valence-corrected chi connectivity index (χ3v) is 3.49. The van der Waals surface area contributed by atoms with Crippen molar-refractivity contribution in [1.29, 1.82) is 0 Å². The van der Waals surface area contributed by atoms with E-state index in [2.05, 4.69) is 0 Å². The number of ether oxygens (including phenoxy) is 3. The number of benzene rings is 1. The molecule has 0 aliphatic carbocycles. The summed E-state index contributed by atoms with van der Waals surface area (Å²) >= 11 is 0. The summed E-state index contributed by atoms with van der Waals surface area (Å²) in [6, 6.07) is 4.83. The predicted octanol–water partition coefficient (Wildman–Crippen LogP) is 2.30. The number of rotatable bonds is 4. The Hall–Kier alpha value is -2.44. The molecular formula is C17H24N2O5. The average Bonchev–Trinajstić information content (AvgIpc) is 2.44. The second kappa shape index (κ2) is 6.98. The van der Waals surface area contributed by atoms with Gasteiger partial charge in [0.15, 0.2) is 0 Å². The van der Waals surface area contributed by atoms with Crippen LogP contribution in [0.25, 0.3) is 0 Å². The highest BCUT2D eigenvalue weighted by Gasteiger charge is 2.34. The van der Waals surface area contributed by atoms with Crippen molar-refractivity contribution in [3.63, 3.8) is 0 Å². The lowest BCUT2D eigenvalue weighted by molar-refractivity contribution is -0.00785. The number of carbonyl (C=O) groups excluding carboxylic acids is 2. The first kappa shape index (κ1) is 17.9. The number of esters is 1. The number of nitrogens with zero attached hydrogens (tertiary/aromatic N) is 1. The van der Waals surface area contributed by atoms with Crippen LogP contribution in [0.3, 0.4) is 0 Å². The number of anilines is 1. The molecule has 0 atom stereocenters. The Labute approximate surface area is 141 Å². The molecule has 1 saturated heterocycles. The second-order valence-electron chi connectivity index (χ2n) is 6.81. The number of hydrogen-bond acceptors (Lipinski definition) is 6. The van der Waals surface area contributed by atoms with E-state index in [4.69, 9.17) is 19.9 Å². The Morgan fingerprint density at radius 2 is 1.96 bits per heavy atom. The zero-order chi connectivity index (χ0) is 17.9. The summed E-state index contributed by atoms with van der Waals surface area (Å²) in [5.74, 6) is 0.119. The van der Waals surface area contributed by atoms with Gasteiger partial charge in [-0.25, -0.2) is 9.59 Å². The van der Waals surface area contributed by atoms with Gasteiger partial charge in [0.1, 0.15) is 16.9 Å². The maximum absolute atomic E-state index is 11.9. The quantitative estimate of drug-likeness (QED) is 0.670. The van der Waals surface area contributed by atoms with Crippen LogP contribution in [0, 0.1) is 5.92 Å². The molecule has 1 aliphatic rings. The number of nitrogen functional groups attached to an aromatic ring is 1. The van der Waals surface area contributed by atoms with E-state index in [0.717, 1.165) is 0 Å². The van der Waals surface area contributed by atoms with Crippen LogP contribution in [0.4, 0.5) is 10.5 Å². The van der Waals surface area contributed by atoms with Gasteiger partial charge < -0.3 is 24.8 Å². The Morgan fingerprint density at radius 3 is 2.54 bits per heavy atom. The first-order valence-electron chi connectivity index (χ1n) is 7.78. The van der Waals surface area contributed by atoms with Gasteiger partial charge in [-0.05, 0) is 39.0 Å². The molecule has 0 saturated carbocycles. The Kier molecular flexibility index (Phi) is 5.21. The molecule has 1 fully saturated rings. The van der Waals surface area contributed by atoms with Crippen LogP contribution in [-0.4, -0.2) is 49.4 Å². The van der Waals surface area contributed by atoms with E-state index in [1.807, 2.05) is 20.8 Å². The average molecular weight is 336 g/mol. The minimum atomic E-state index is -0.502. The van der Waals surface area contributed by atoms with Gasteiger partial charge in [-0.1, -0.05) is 0 Å². The summed E-state index contributed by atoms with van der Waals surface area (Å²) in [5, 5.41) is 0. The number of nitrogens with two attached hydrogens (primary N) is 1. The summed E-state index contributed by atoms with van der Waals surface area (Å²) in [5.41, 5.74) is 5.94. The molecule has 7 heteroatoms. The van der Waals surface area contributed by atoms with Crippen LogP contribution in [-0.2, 0) is 9.47 Å². The van der Waals surface area contributed by atoms with Gasteiger partial charge in [-0.2, -0.15) is 0 Å². The summed E-state index contributed by atoms with van der Waals surface area (Å²) in [6.07, 6.45) is -0.318. The fraction of sp³-hybridized carbons (Fsp3) is 0.529. The van der Waals surface area contributed by atoms with E-state index >= 15 is 0 Å². The van der Waals surface area contributed by atoms with E-state index in [9.17, 15) is 9.59 Å². The Balaban J connectivity index is 1.86. The standard InChI is InChI=1S/C17H24N2O5/c1-17(2,3)24-16(21)19-8-11(9-19)10-23-14-6-5-12(18)7-13(14)15(20)22-4/h5-7,11H,8-10,18H2,1-4H3. The topological polar surface area (TPSA) is 91.1 Å². The normalized spacial score (nSPS) is 14.8. The van der Waals surface area contributed by atoms with Gasteiger partial charge in [0, 0.05) is 24.7 Å². The molecule has 0 radical (unpaired) electrons. The largest absolute Gasteiger partial charge is 0.492 e. The molecule has 24 heavy (non-hydrogen) atoms. The third kappa shape index (κ3) is 4.53. The fourth-order valence-corrected chi connectivity index (χ4v) is 2.30. The molecule has 2 N–H and O–H groups in total. The van der Waals surface area contributed by atoms with Gasteiger partial charge in [-0.15, -0.1) is 0 Å². The first-order valence-corrected chi connectivity index (χ1v) is 7.78. The van der Waals surface area contributed by atoms with Crippen LogP contribution in [0.2, 0.25) is 0 Å². The highest BCUT2D eigenvalue weighted by atomic mass is 16.6. The van der Waals surface area contributed by atoms with Crippen LogP contribution < -0.4 is 10.5 Å². The highest BCUT2D eigenvalue weighted by molar-refractivity contribution is 5.93. The van der Waals surface area contributed by atoms with Crippen molar-refractivity contribution in [2.24, 2.45) is 5.92 Å². The molecule has 0 aromatic heterocycles. The molecule has 7 nitrogen and oxygen atoms in total. The third-order valence-electron chi connectivity index (χ3n) is 3.49. The lowest BCUT2D eigenvalue weighted by Crippen LogP contribution is -2.53. The van der Waals surface area contributed by atoms with Crippen LogP contribution in [0.1, 0.15) is 31.1 Å². The lowest BCUT2D eigenvalue weighted by atomic mass is 10.0. The molecule has 1 aromatic carbocycles. The van der Waals surface area contributed by atoms with Gasteiger partial charge in [0.25, 0.3) is 0 Å². The lowest BCUT2D eigenvalue weighted by Gasteiger charge is -2.39. The van der Waals surface area contributed by atoms with Crippen molar-refractivity contribution in [2.45, 2.75) is 26.4 Å². The summed E-state index contributed by atoms with van der Waals surface area (Å²) in [4.78, 5) is 25.3. The van der Waals surface area contributed by atoms with Crippen molar-refractivity contribution in [2.75, 3.05) is 32.5 Å². The minimum Gasteiger partial charge on any atom is -0.492 e. The second-order valence-corrected chi connectivity index (χ2v) is 6.81. The van der Waals surface area contributed by atoms with E-state index < -0.39 is 11.6 Å². The molecule has 132 valence electrons. The zero-order valence-corrected chi connectivity index (χ0v) is 14.5. The minimum absolute atomic E-state index is 0.195. The van der Waals surface area contributed by atoms with Gasteiger partial charge in [0.05, 0.1) is 13.7 Å². The van der Waals surface area contributed by atoms with Crippen molar-refractivity contribution < 1.29 is 23.8 Å². The summed E-state index contributed by atoms with van der Waals surface area (Å²) < 4.78 is 15.7. The fourth-order valence-electron chi connectivity index (χ4n) is 2.30. The zero-order valence-electron chi connectivity index (χ0n) is 14.5. The first-order chi connectivity index (χ1) is 11.2. The Bertz CT molecular complexity index is 618. The van der Waals surface area contributed by atoms with Crippen molar-refractivity contribution in [3.05, 3.63) is 23.8 Å². The number of hydrogen-bond donors (Lipinski definition) is 1. The maximum Gasteiger partial charge on any atom is 0.410 e. The van der Waals surface area contributed by atoms with Gasteiger partial charge in [-0.3, -0.25) is 0 Å². The van der Waals surface area contributed by atoms with Crippen molar-refractivity contribution in [3.8, 4) is 5.75 Å². The molecule has 1 aromatic rings. The van der Waals surface area contributed by atoms with E-state index in [-0.39, 0.29) is 12.0 Å². The SMILES string of the molecule is COC(=O)c1cc(N)ccc1OCC1CN(C(=O)OC(C)(C)C)C1. The van der Waals surface area contributed by atoms with E-state index in [0.29, 0.717) is 36.7 Å². The summed E-state index contributed by atoms with van der Waals surface area (Å²) in [6.45, 7) is 7.03. The highest BCUT2D eigenvalue weighted by Crippen LogP contribution is 2.25. The predicted molar refractivity (Wildman–Crippen MR) is 89.0 cm³/mol. The van der Waals surface area contributed by atoms with Crippen molar-refractivity contribution in [1.82, 2.24) is 4.90 Å². The van der Waals surface area contributed by atoms with Gasteiger partial charge in [0.2, 0.25) is 0 Å². The van der Waals surface area contributed by atoms with Gasteiger partial charge >= 0.3 is 12.1 Å². The monoisotopic (exact) mass is 336 g/mol. The number of amides is 1. The van der Waals surface area contributed by atoms with E-state index in [1.54, 1.807) is 17.0 Å². The van der Waals surface area contributed by atoms with Crippen LogP contribution >= 0.6 is 0 Å². The molecule has 2 rings (SSSR count). The number of methoxy groups -OCH3 is 1. The smallest absolute Gasteiger partial charge is 0.410 e. The number of likely N-dealkylation sites (tertiary alicyclic amines) is 1. The van der Waals surface area contributed by atoms with Crippen molar-refractivity contribution >= 4 is 17.7 Å².